The van der Waals surface area contributed by atoms with Crippen LogP contribution < -0.4 is 5.32 Å². The summed E-state index contributed by atoms with van der Waals surface area (Å²) in [6.45, 7) is 4.09. The van der Waals surface area contributed by atoms with Crippen LogP contribution in [0.1, 0.15) is 46.3 Å². The number of fused-ring (bicyclic) bond motifs is 1. The molecule has 1 amide bonds. The predicted octanol–water partition coefficient (Wildman–Crippen LogP) is 3.12. The van der Waals surface area contributed by atoms with Crippen LogP contribution in [0, 0.1) is 5.92 Å². The summed E-state index contributed by atoms with van der Waals surface area (Å²) in [6, 6.07) is 2.75. The van der Waals surface area contributed by atoms with E-state index >= 15 is 0 Å². The van der Waals surface area contributed by atoms with Crippen LogP contribution in [-0.2, 0) is 12.8 Å². The van der Waals surface area contributed by atoms with E-state index in [1.54, 1.807) is 11.3 Å². The van der Waals surface area contributed by atoms with Crippen molar-refractivity contribution in [3.05, 3.63) is 21.4 Å². The van der Waals surface area contributed by atoms with E-state index in [4.69, 9.17) is 0 Å². The van der Waals surface area contributed by atoms with Crippen LogP contribution in [0.4, 0.5) is 0 Å². The van der Waals surface area contributed by atoms with Gasteiger partial charge in [0.15, 0.2) is 0 Å². The Bertz CT molecular complexity index is 494. The predicted molar refractivity (Wildman–Crippen MR) is 90.7 cm³/mol. The maximum absolute atomic E-state index is 12.6. The monoisotopic (exact) mass is 328 g/mol. The van der Waals surface area contributed by atoms with Crippen LogP contribution in [-0.4, -0.2) is 37.0 Å². The van der Waals surface area contributed by atoms with Gasteiger partial charge in [-0.25, -0.2) is 0 Å². The van der Waals surface area contributed by atoms with E-state index in [0.29, 0.717) is 6.04 Å². The molecule has 5 heteroatoms. The minimum absolute atomic E-state index is 0. The molecule has 0 spiro atoms. The van der Waals surface area contributed by atoms with Crippen LogP contribution in [0.25, 0.3) is 0 Å². The Morgan fingerprint density at radius 2 is 2.05 bits per heavy atom. The van der Waals surface area contributed by atoms with Gasteiger partial charge >= 0.3 is 0 Å². The third kappa shape index (κ3) is 3.61. The van der Waals surface area contributed by atoms with Crippen molar-refractivity contribution in [2.75, 3.05) is 20.1 Å². The fraction of sp³-hybridized carbons (Fsp3) is 0.688. The lowest BCUT2D eigenvalue weighted by Gasteiger charge is -2.31. The highest BCUT2D eigenvalue weighted by atomic mass is 35.5. The first-order valence-corrected chi connectivity index (χ1v) is 8.57. The van der Waals surface area contributed by atoms with Crippen molar-refractivity contribution >= 4 is 29.7 Å². The molecule has 1 saturated heterocycles. The van der Waals surface area contributed by atoms with Crippen LogP contribution in [0.5, 0.6) is 0 Å². The maximum Gasteiger partial charge on any atom is 0.263 e. The summed E-state index contributed by atoms with van der Waals surface area (Å²) in [5, 5.41) is 3.31. The smallest absolute Gasteiger partial charge is 0.263 e. The van der Waals surface area contributed by atoms with Gasteiger partial charge in [0.05, 0.1) is 4.88 Å². The van der Waals surface area contributed by atoms with Crippen molar-refractivity contribution in [3.63, 3.8) is 0 Å². The first kappa shape index (κ1) is 16.8. The summed E-state index contributed by atoms with van der Waals surface area (Å²) in [7, 11) is 2.01. The van der Waals surface area contributed by atoms with Crippen LogP contribution in [0.15, 0.2) is 6.07 Å². The summed E-state index contributed by atoms with van der Waals surface area (Å²) in [5.74, 6) is 1.03. The fourth-order valence-electron chi connectivity index (χ4n) is 3.34. The Balaban J connectivity index is 0.00000161. The molecule has 2 aliphatic rings. The van der Waals surface area contributed by atoms with Crippen molar-refractivity contribution in [2.24, 2.45) is 5.92 Å². The number of rotatable bonds is 2. The molecule has 1 N–H and O–H groups in total. The summed E-state index contributed by atoms with van der Waals surface area (Å²) in [6.07, 6.45) is 5.74. The number of amides is 1. The molecule has 1 atom stereocenters. The molecule has 21 heavy (non-hydrogen) atoms. The molecule has 0 saturated carbocycles. The Labute approximate surface area is 137 Å². The van der Waals surface area contributed by atoms with Crippen molar-refractivity contribution in [2.45, 2.75) is 45.1 Å². The van der Waals surface area contributed by atoms with Crippen molar-refractivity contribution in [3.8, 4) is 0 Å². The van der Waals surface area contributed by atoms with Gasteiger partial charge in [0, 0.05) is 24.0 Å². The third-order valence-corrected chi connectivity index (χ3v) is 5.96. The van der Waals surface area contributed by atoms with Crippen LogP contribution in [0.2, 0.25) is 0 Å². The van der Waals surface area contributed by atoms with Crippen LogP contribution in [0.3, 0.4) is 0 Å². The summed E-state index contributed by atoms with van der Waals surface area (Å²) < 4.78 is 0. The van der Waals surface area contributed by atoms with Gasteiger partial charge in [-0.1, -0.05) is 6.92 Å². The molecule has 1 aromatic rings. The van der Waals surface area contributed by atoms with Crippen molar-refractivity contribution in [1.29, 1.82) is 0 Å². The van der Waals surface area contributed by atoms with E-state index in [9.17, 15) is 4.79 Å². The number of hydrogen-bond acceptors (Lipinski definition) is 3. The highest BCUT2D eigenvalue weighted by Gasteiger charge is 2.26. The molecule has 2 heterocycles. The van der Waals surface area contributed by atoms with Gasteiger partial charge in [0.25, 0.3) is 5.91 Å². The summed E-state index contributed by atoms with van der Waals surface area (Å²) in [4.78, 5) is 17.1. The average Bonchev–Trinajstić information content (AvgIpc) is 2.89. The first-order valence-electron chi connectivity index (χ1n) is 7.75. The third-order valence-electron chi connectivity index (χ3n) is 4.73. The minimum Gasteiger partial charge on any atom is -0.338 e. The number of nitrogens with one attached hydrogen (secondary N) is 1. The minimum atomic E-state index is 0. The standard InChI is InChI=1S/C16H24N2OS.ClH/c1-11-3-4-14-12(9-11)10-15(20-14)16(19)18-7-5-13(17-2)6-8-18;/h10-11,13,17H,3-9H2,1-2H3;1H. The van der Waals surface area contributed by atoms with E-state index in [0.717, 1.165) is 49.6 Å². The molecule has 0 aromatic carbocycles. The first-order chi connectivity index (χ1) is 9.67. The number of piperidine rings is 1. The SMILES string of the molecule is CNC1CCN(C(=O)c2cc3c(s2)CCC(C)C3)CC1.Cl. The van der Waals surface area contributed by atoms with Gasteiger partial charge < -0.3 is 10.2 Å². The molecule has 3 nitrogen and oxygen atoms in total. The topological polar surface area (TPSA) is 32.3 Å². The number of aryl methyl sites for hydroxylation is 1. The lowest BCUT2D eigenvalue weighted by atomic mass is 9.90. The van der Waals surface area contributed by atoms with E-state index in [1.807, 2.05) is 11.9 Å². The molecule has 3 rings (SSSR count). The number of likely N-dealkylation sites (tertiary alicyclic amines) is 1. The van der Waals surface area contributed by atoms with Gasteiger partial charge in [-0.3, -0.25) is 4.79 Å². The second-order valence-electron chi connectivity index (χ2n) is 6.26. The second-order valence-corrected chi connectivity index (χ2v) is 7.40. The largest absolute Gasteiger partial charge is 0.338 e. The zero-order valence-corrected chi connectivity index (χ0v) is 14.5. The number of halogens is 1. The van der Waals surface area contributed by atoms with Gasteiger partial charge in [0.1, 0.15) is 0 Å². The Kier molecular flexibility index (Phi) is 5.69. The van der Waals surface area contributed by atoms with Crippen molar-refractivity contribution < 1.29 is 4.79 Å². The van der Waals surface area contributed by atoms with Gasteiger partial charge in [-0.2, -0.15) is 0 Å². The molecule has 1 fully saturated rings. The lowest BCUT2D eigenvalue weighted by molar-refractivity contribution is 0.0712. The van der Waals surface area contributed by atoms with E-state index < -0.39 is 0 Å². The quantitative estimate of drug-likeness (QED) is 0.904. The molecule has 118 valence electrons. The van der Waals surface area contributed by atoms with E-state index in [-0.39, 0.29) is 18.3 Å². The Morgan fingerprint density at radius 1 is 1.33 bits per heavy atom. The normalized spacial score (nSPS) is 22.6. The summed E-state index contributed by atoms with van der Waals surface area (Å²) >= 11 is 1.74. The molecule has 1 aliphatic heterocycles. The molecular formula is C16H25ClN2OS. The number of carbonyl (C=O) groups is 1. The molecular weight excluding hydrogens is 304 g/mol. The van der Waals surface area contributed by atoms with Gasteiger partial charge in [0.2, 0.25) is 0 Å². The lowest BCUT2D eigenvalue weighted by Crippen LogP contribution is -2.43. The number of hydrogen-bond donors (Lipinski definition) is 1. The van der Waals surface area contributed by atoms with E-state index in [1.165, 1.54) is 16.9 Å². The number of thiophene rings is 1. The molecule has 1 aromatic heterocycles. The number of nitrogens with zero attached hydrogens (tertiary/aromatic N) is 1. The highest BCUT2D eigenvalue weighted by Crippen LogP contribution is 2.33. The molecule has 1 unspecified atom stereocenters. The number of carbonyl (C=O) groups excluding carboxylic acids is 1. The fourth-order valence-corrected chi connectivity index (χ4v) is 4.51. The molecule has 0 bridgehead atoms. The zero-order valence-electron chi connectivity index (χ0n) is 12.9. The summed E-state index contributed by atoms with van der Waals surface area (Å²) in [5.41, 5.74) is 1.43. The zero-order chi connectivity index (χ0) is 14.1. The Morgan fingerprint density at radius 3 is 2.71 bits per heavy atom. The molecule has 0 radical (unpaired) electrons. The van der Waals surface area contributed by atoms with Gasteiger partial charge in [-0.15, -0.1) is 23.7 Å². The second kappa shape index (κ2) is 7.12. The van der Waals surface area contributed by atoms with Crippen LogP contribution >= 0.6 is 23.7 Å². The highest BCUT2D eigenvalue weighted by molar-refractivity contribution is 7.14. The van der Waals surface area contributed by atoms with E-state index in [2.05, 4.69) is 18.3 Å². The molecule has 1 aliphatic carbocycles. The average molecular weight is 329 g/mol. The maximum atomic E-state index is 12.6. The Hall–Kier alpha value is -0.580. The van der Waals surface area contributed by atoms with Crippen molar-refractivity contribution in [1.82, 2.24) is 10.2 Å². The van der Waals surface area contributed by atoms with Gasteiger partial charge in [-0.05, 0) is 56.7 Å².